The first-order valence-corrected chi connectivity index (χ1v) is 23.8. The van der Waals surface area contributed by atoms with Gasteiger partial charge in [0.15, 0.2) is 0 Å². The fraction of sp³-hybridized carbons (Fsp3) is 0.327. The number of halogens is 2. The number of aromatic nitrogens is 2. The van der Waals surface area contributed by atoms with Crippen LogP contribution in [0.5, 0.6) is 17.2 Å². The number of carbonyl (C=O) groups is 6. The normalized spacial score (nSPS) is 17.7. The van der Waals surface area contributed by atoms with Gasteiger partial charge in [-0.05, 0) is 79.8 Å². The van der Waals surface area contributed by atoms with E-state index in [1.807, 2.05) is 11.0 Å². The van der Waals surface area contributed by atoms with Crippen molar-refractivity contribution in [3.63, 3.8) is 0 Å². The minimum atomic E-state index is -1.05. The molecule has 72 heavy (non-hydrogen) atoms. The van der Waals surface area contributed by atoms with Crippen LogP contribution in [-0.4, -0.2) is 121 Å². The number of ether oxygens (including phenoxy) is 4. The molecule has 1 unspecified atom stereocenters. The predicted molar refractivity (Wildman–Crippen MR) is 259 cm³/mol. The summed E-state index contributed by atoms with van der Waals surface area (Å²) in [5, 5.41) is 8.69. The number of fused-ring (bicyclic) bond motifs is 5. The molecule has 0 aliphatic carbocycles. The summed E-state index contributed by atoms with van der Waals surface area (Å²) in [4.78, 5) is 94.3. The van der Waals surface area contributed by atoms with Crippen molar-refractivity contribution in [2.24, 2.45) is 10.4 Å². The zero-order valence-electron chi connectivity index (χ0n) is 39.3. The summed E-state index contributed by atoms with van der Waals surface area (Å²) < 4.78 is 38.4. The van der Waals surface area contributed by atoms with Gasteiger partial charge >= 0.3 is 0 Å². The van der Waals surface area contributed by atoms with Crippen LogP contribution in [0.25, 0.3) is 11.3 Å². The molecule has 1 atom stereocenters. The third-order valence-electron chi connectivity index (χ3n) is 13.8. The maximum atomic E-state index is 15.3. The van der Waals surface area contributed by atoms with Gasteiger partial charge < -0.3 is 34.5 Å². The second-order valence-electron chi connectivity index (χ2n) is 18.2. The molecule has 4 aromatic carbocycles. The highest BCUT2D eigenvalue weighted by Gasteiger charge is 2.47. The number of rotatable bonds is 13. The average Bonchev–Trinajstić information content (AvgIpc) is 3.50. The lowest BCUT2D eigenvalue weighted by molar-refractivity contribution is -0.137. The largest absolute Gasteiger partial charge is 0.496 e. The van der Waals surface area contributed by atoms with Gasteiger partial charge in [-0.3, -0.25) is 44.0 Å². The maximum Gasteiger partial charge on any atom is 0.262 e. The van der Waals surface area contributed by atoms with E-state index < -0.39 is 35.5 Å². The van der Waals surface area contributed by atoms with Gasteiger partial charge in [0.05, 0.1) is 80.7 Å². The second kappa shape index (κ2) is 19.8. The molecule has 370 valence electrons. The molecule has 10 rings (SSSR count). The number of anilines is 2. The lowest BCUT2D eigenvalue weighted by atomic mass is 9.72. The first-order valence-electron chi connectivity index (χ1n) is 23.5. The Morgan fingerprint density at radius 2 is 1.71 bits per heavy atom. The number of amides is 6. The van der Waals surface area contributed by atoms with E-state index in [0.29, 0.717) is 101 Å². The number of benzene rings is 4. The SMILES string of the molecule is COc1cc(Nc2ncc3c(n2)-c2ccc(Cl)cc2C(c2c(F)cccc2OC)=NC3)ccc1C(=O)NCCOCCC(=O)N1CCC2(CC1)COc1cc3c(cc1C2)C(=O)N(C1CCC(=O)NC1=O)C3=O. The highest BCUT2D eigenvalue weighted by atomic mass is 35.5. The van der Waals surface area contributed by atoms with Gasteiger partial charge in [-0.15, -0.1) is 0 Å². The number of nitrogens with one attached hydrogen (secondary N) is 3. The highest BCUT2D eigenvalue weighted by Crippen LogP contribution is 2.44. The maximum absolute atomic E-state index is 15.3. The molecular weight excluding hydrogens is 951 g/mol. The molecule has 0 bridgehead atoms. The quantitative estimate of drug-likeness (QED) is 0.0936. The molecule has 5 aromatic rings. The molecule has 6 heterocycles. The summed E-state index contributed by atoms with van der Waals surface area (Å²) in [5.74, 6) is -1.75. The zero-order chi connectivity index (χ0) is 50.3. The Morgan fingerprint density at radius 1 is 0.917 bits per heavy atom. The minimum Gasteiger partial charge on any atom is -0.496 e. The Balaban J connectivity index is 0.688. The van der Waals surface area contributed by atoms with Gasteiger partial charge in [-0.1, -0.05) is 23.7 Å². The van der Waals surface area contributed by atoms with Crippen molar-refractivity contribution in [1.29, 1.82) is 0 Å². The molecule has 1 aromatic heterocycles. The molecule has 5 aliphatic rings. The van der Waals surface area contributed by atoms with Crippen molar-refractivity contribution in [2.45, 2.75) is 51.1 Å². The third-order valence-corrected chi connectivity index (χ3v) is 14.0. The van der Waals surface area contributed by atoms with Crippen molar-refractivity contribution in [3.8, 4) is 28.5 Å². The number of piperidine rings is 2. The number of likely N-dealkylation sites (tertiary alicyclic amines) is 1. The van der Waals surface area contributed by atoms with E-state index >= 15 is 4.39 Å². The monoisotopic (exact) mass is 998 g/mol. The number of aliphatic imine (C=N–C) groups is 1. The topological polar surface area (TPSA) is 220 Å². The van der Waals surface area contributed by atoms with Gasteiger partial charge in [0.2, 0.25) is 23.7 Å². The Hall–Kier alpha value is -7.77. The van der Waals surface area contributed by atoms with E-state index in [2.05, 4.69) is 20.9 Å². The van der Waals surface area contributed by atoms with Crippen LogP contribution in [0.1, 0.15) is 85.4 Å². The number of carbonyl (C=O) groups excluding carboxylic acids is 6. The molecule has 20 heteroatoms. The molecule has 5 aliphatic heterocycles. The molecule has 0 radical (unpaired) electrons. The molecule has 0 saturated carbocycles. The summed E-state index contributed by atoms with van der Waals surface area (Å²) in [6.07, 6.45) is 3.90. The van der Waals surface area contributed by atoms with Crippen LogP contribution < -0.4 is 30.2 Å². The number of methoxy groups -OCH3 is 2. The van der Waals surface area contributed by atoms with Gasteiger partial charge in [0.1, 0.15) is 29.1 Å². The van der Waals surface area contributed by atoms with E-state index in [1.165, 1.54) is 20.3 Å². The van der Waals surface area contributed by atoms with Crippen LogP contribution in [0, 0.1) is 11.2 Å². The van der Waals surface area contributed by atoms with E-state index in [4.69, 9.17) is 40.5 Å². The van der Waals surface area contributed by atoms with Crippen LogP contribution in [0.3, 0.4) is 0 Å². The van der Waals surface area contributed by atoms with E-state index in [9.17, 15) is 28.8 Å². The molecule has 18 nitrogen and oxygen atoms in total. The Morgan fingerprint density at radius 3 is 2.49 bits per heavy atom. The smallest absolute Gasteiger partial charge is 0.262 e. The first kappa shape index (κ1) is 47.9. The van der Waals surface area contributed by atoms with Gasteiger partial charge in [-0.2, -0.15) is 0 Å². The van der Waals surface area contributed by atoms with Gasteiger partial charge in [0.25, 0.3) is 17.7 Å². The van der Waals surface area contributed by atoms with Crippen LogP contribution in [0.2, 0.25) is 5.02 Å². The number of imide groups is 2. The fourth-order valence-electron chi connectivity index (χ4n) is 9.99. The average molecular weight is 999 g/mol. The van der Waals surface area contributed by atoms with Crippen LogP contribution in [0.4, 0.5) is 16.0 Å². The van der Waals surface area contributed by atoms with Crippen LogP contribution in [-0.2, 0) is 32.1 Å². The zero-order valence-corrected chi connectivity index (χ0v) is 40.0. The summed E-state index contributed by atoms with van der Waals surface area (Å²) >= 11 is 6.46. The predicted octanol–water partition coefficient (Wildman–Crippen LogP) is 5.83. The van der Waals surface area contributed by atoms with Crippen molar-refractivity contribution < 1.29 is 52.1 Å². The van der Waals surface area contributed by atoms with Gasteiger partial charge in [-0.25, -0.2) is 14.4 Å². The Bertz CT molecular complexity index is 3120. The second-order valence-corrected chi connectivity index (χ2v) is 18.6. The summed E-state index contributed by atoms with van der Waals surface area (Å²) in [7, 11) is 2.93. The van der Waals surface area contributed by atoms with Crippen LogP contribution >= 0.6 is 11.6 Å². The molecule has 1 spiro atoms. The lowest BCUT2D eigenvalue weighted by Crippen LogP contribution is -2.54. The fourth-order valence-corrected chi connectivity index (χ4v) is 10.2. The standard InChI is InChI=1S/C52H48ClFN8O10/c1-69-39-5-3-4-37(54)44(39)46-34-21-30(53)6-8-32(34)45-29(25-56-46)26-57-51(60-45)58-31-7-9-33(41(22-31)70-2)47(65)55-15-19-71-18-12-43(64)61-16-13-52(14-17-61)24-28-20-35-36(23-40(28)72-27-52)50(68)62(49(35)67)38-10-11-42(63)59-48(38)66/h3-9,20-23,26,38H,10-19,24-25,27H2,1-2H3,(H,55,65)(H,57,58,60)(H,59,63,66). The highest BCUT2D eigenvalue weighted by molar-refractivity contribution is 6.32. The van der Waals surface area contributed by atoms with E-state index in [0.717, 1.165) is 10.5 Å². The molecule has 3 N–H and O–H groups in total. The summed E-state index contributed by atoms with van der Waals surface area (Å²) in [6.45, 7) is 2.14. The Kier molecular flexibility index (Phi) is 13.2. The first-order chi connectivity index (χ1) is 34.8. The molecule has 2 fully saturated rings. The number of nitrogens with zero attached hydrogens (tertiary/aromatic N) is 5. The molecule has 2 saturated heterocycles. The lowest BCUT2D eigenvalue weighted by Gasteiger charge is -2.44. The summed E-state index contributed by atoms with van der Waals surface area (Å²) in [6, 6.07) is 17.1. The van der Waals surface area contributed by atoms with Crippen molar-refractivity contribution in [2.75, 3.05) is 59.0 Å². The van der Waals surface area contributed by atoms with Crippen molar-refractivity contribution in [3.05, 3.63) is 123 Å². The number of hydrogen-bond donors (Lipinski definition) is 3. The van der Waals surface area contributed by atoms with Gasteiger partial charge in [0, 0.05) is 71.1 Å². The van der Waals surface area contributed by atoms with Crippen molar-refractivity contribution in [1.82, 2.24) is 30.4 Å². The van der Waals surface area contributed by atoms with E-state index in [-0.39, 0.29) is 85.4 Å². The minimum absolute atomic E-state index is 0.0383. The Labute approximate surface area is 417 Å². The summed E-state index contributed by atoms with van der Waals surface area (Å²) in [5.41, 5.74) is 4.92. The van der Waals surface area contributed by atoms with Crippen molar-refractivity contribution >= 4 is 64.4 Å². The third kappa shape index (κ3) is 9.20. The molecule has 6 amide bonds. The molecular formula is C52H48ClFN8O10. The number of hydrogen-bond acceptors (Lipinski definition) is 14. The van der Waals surface area contributed by atoms with E-state index in [1.54, 1.807) is 60.8 Å². The van der Waals surface area contributed by atoms with Crippen LogP contribution in [0.15, 0.2) is 77.9 Å².